The van der Waals surface area contributed by atoms with Gasteiger partial charge >= 0.3 is 0 Å². The number of benzene rings is 1. The van der Waals surface area contributed by atoms with Crippen molar-refractivity contribution in [1.82, 2.24) is 9.78 Å². The van der Waals surface area contributed by atoms with E-state index < -0.39 is 0 Å². The van der Waals surface area contributed by atoms with Crippen LogP contribution in [0.4, 0.5) is 5.82 Å². The summed E-state index contributed by atoms with van der Waals surface area (Å²) in [6, 6.07) is 9.92. The van der Waals surface area contributed by atoms with Gasteiger partial charge in [0.25, 0.3) is 0 Å². The Bertz CT molecular complexity index is 526. The van der Waals surface area contributed by atoms with E-state index in [2.05, 4.69) is 43.4 Å². The van der Waals surface area contributed by atoms with Crippen LogP contribution in [0.25, 0.3) is 0 Å². The molecule has 0 spiro atoms. The zero-order chi connectivity index (χ0) is 11.4. The summed E-state index contributed by atoms with van der Waals surface area (Å²) in [5, 5.41) is 6.52. The van der Waals surface area contributed by atoms with Crippen molar-refractivity contribution in [2.45, 2.75) is 6.54 Å². The lowest BCUT2D eigenvalue weighted by molar-refractivity contribution is 0.688. The largest absolute Gasteiger partial charge is 0.266 e. The lowest BCUT2D eigenvalue weighted by Crippen LogP contribution is -1.99. The zero-order valence-corrected chi connectivity index (χ0v) is 10.7. The number of isothiocyanates is 1. The molecule has 0 aliphatic carbocycles. The fourth-order valence-electron chi connectivity index (χ4n) is 1.32. The first-order chi connectivity index (χ1) is 7.78. The maximum absolute atomic E-state index is 4.52. The van der Waals surface area contributed by atoms with Gasteiger partial charge in [0, 0.05) is 16.7 Å². The molecule has 0 bridgehead atoms. The van der Waals surface area contributed by atoms with Gasteiger partial charge in [-0.15, -0.1) is 0 Å². The van der Waals surface area contributed by atoms with Crippen molar-refractivity contribution in [3.8, 4) is 0 Å². The molecule has 0 atom stereocenters. The van der Waals surface area contributed by atoms with Gasteiger partial charge in [-0.1, -0.05) is 28.1 Å². The monoisotopic (exact) mass is 293 g/mol. The van der Waals surface area contributed by atoms with Gasteiger partial charge in [-0.2, -0.15) is 10.1 Å². The summed E-state index contributed by atoms with van der Waals surface area (Å²) >= 11 is 7.91. The van der Waals surface area contributed by atoms with E-state index in [4.69, 9.17) is 0 Å². The van der Waals surface area contributed by atoms with Crippen LogP contribution in [0.5, 0.6) is 0 Å². The van der Waals surface area contributed by atoms with Gasteiger partial charge in [-0.3, -0.25) is 4.68 Å². The molecular formula is C11H8BrN3S. The van der Waals surface area contributed by atoms with Gasteiger partial charge in [0.15, 0.2) is 5.82 Å². The first-order valence-electron chi connectivity index (χ1n) is 4.64. The van der Waals surface area contributed by atoms with Crippen LogP contribution >= 0.6 is 28.1 Å². The number of thiocarbonyl (C=S) groups is 1. The molecule has 0 unspecified atom stereocenters. The molecule has 0 aliphatic heterocycles. The summed E-state index contributed by atoms with van der Waals surface area (Å²) < 4.78 is 2.89. The molecule has 0 saturated heterocycles. The SMILES string of the molecule is S=C=Nc1ccn(Cc2ccc(Br)cc2)n1. The Balaban J connectivity index is 2.14. The second kappa shape index (κ2) is 5.16. The lowest BCUT2D eigenvalue weighted by atomic mass is 10.2. The Hall–Kier alpha value is -1.29. The van der Waals surface area contributed by atoms with Crippen LogP contribution in [0.15, 0.2) is 46.0 Å². The summed E-state index contributed by atoms with van der Waals surface area (Å²) in [5.74, 6) is 0.590. The Morgan fingerprint density at radius 1 is 1.31 bits per heavy atom. The fraction of sp³-hybridized carbons (Fsp3) is 0.0909. The van der Waals surface area contributed by atoms with Crippen LogP contribution < -0.4 is 0 Å². The summed E-state index contributed by atoms with van der Waals surface area (Å²) in [4.78, 5) is 3.81. The van der Waals surface area contributed by atoms with E-state index in [1.54, 1.807) is 6.07 Å². The van der Waals surface area contributed by atoms with Crippen molar-refractivity contribution in [2.75, 3.05) is 0 Å². The van der Waals surface area contributed by atoms with E-state index in [1.807, 2.05) is 35.1 Å². The zero-order valence-electron chi connectivity index (χ0n) is 8.30. The normalized spacial score (nSPS) is 9.81. The van der Waals surface area contributed by atoms with Gasteiger partial charge in [-0.25, -0.2) is 0 Å². The van der Waals surface area contributed by atoms with Crippen molar-refractivity contribution in [2.24, 2.45) is 4.99 Å². The van der Waals surface area contributed by atoms with E-state index >= 15 is 0 Å². The van der Waals surface area contributed by atoms with E-state index in [-0.39, 0.29) is 0 Å². The highest BCUT2D eigenvalue weighted by Crippen LogP contribution is 2.12. The third-order valence-corrected chi connectivity index (χ3v) is 2.66. The summed E-state index contributed by atoms with van der Waals surface area (Å²) in [6.45, 7) is 0.722. The number of hydrogen-bond donors (Lipinski definition) is 0. The molecule has 0 aliphatic rings. The van der Waals surface area contributed by atoms with E-state index in [0.717, 1.165) is 11.0 Å². The maximum Gasteiger partial charge on any atom is 0.184 e. The third kappa shape index (κ3) is 2.85. The first kappa shape index (κ1) is 11.2. The van der Waals surface area contributed by atoms with Crippen molar-refractivity contribution in [1.29, 1.82) is 0 Å². The maximum atomic E-state index is 4.52. The molecule has 80 valence electrons. The highest BCUT2D eigenvalue weighted by atomic mass is 79.9. The third-order valence-electron chi connectivity index (χ3n) is 2.04. The minimum absolute atomic E-state index is 0.590. The lowest BCUT2D eigenvalue weighted by Gasteiger charge is -2.01. The fourth-order valence-corrected chi connectivity index (χ4v) is 1.68. The number of aliphatic imine (C=N–C) groups is 1. The van der Waals surface area contributed by atoms with Gasteiger partial charge in [-0.05, 0) is 29.9 Å². The van der Waals surface area contributed by atoms with Crippen molar-refractivity contribution in [3.63, 3.8) is 0 Å². The van der Waals surface area contributed by atoms with E-state index in [0.29, 0.717) is 5.82 Å². The minimum Gasteiger partial charge on any atom is -0.266 e. The van der Waals surface area contributed by atoms with Gasteiger partial charge < -0.3 is 0 Å². The summed E-state index contributed by atoms with van der Waals surface area (Å²) in [7, 11) is 0. The predicted octanol–water partition coefficient (Wildman–Crippen LogP) is 3.43. The summed E-state index contributed by atoms with van der Waals surface area (Å²) in [6.07, 6.45) is 1.87. The molecule has 16 heavy (non-hydrogen) atoms. The molecule has 0 N–H and O–H groups in total. The molecule has 1 aromatic heterocycles. The second-order valence-corrected chi connectivity index (χ2v) is 4.30. The predicted molar refractivity (Wildman–Crippen MR) is 70.2 cm³/mol. The van der Waals surface area contributed by atoms with Gasteiger partial charge in [0.1, 0.15) is 0 Å². The first-order valence-corrected chi connectivity index (χ1v) is 5.84. The van der Waals surface area contributed by atoms with Crippen molar-refractivity contribution in [3.05, 3.63) is 46.6 Å². The molecule has 0 fully saturated rings. The minimum atomic E-state index is 0.590. The Morgan fingerprint density at radius 2 is 2.06 bits per heavy atom. The van der Waals surface area contributed by atoms with Crippen LogP contribution in [0.2, 0.25) is 0 Å². The quantitative estimate of drug-likeness (QED) is 0.641. The molecule has 0 radical (unpaired) electrons. The Morgan fingerprint density at radius 3 is 2.75 bits per heavy atom. The van der Waals surface area contributed by atoms with Crippen LogP contribution in [-0.4, -0.2) is 14.9 Å². The molecule has 0 amide bonds. The highest BCUT2D eigenvalue weighted by molar-refractivity contribution is 9.10. The van der Waals surface area contributed by atoms with Crippen LogP contribution in [-0.2, 0) is 6.54 Å². The highest BCUT2D eigenvalue weighted by Gasteiger charge is 1.98. The molecule has 3 nitrogen and oxygen atoms in total. The molecular weight excluding hydrogens is 286 g/mol. The average Bonchev–Trinajstić information content (AvgIpc) is 2.70. The van der Waals surface area contributed by atoms with Crippen LogP contribution in [0.1, 0.15) is 5.56 Å². The number of nitrogens with zero attached hydrogens (tertiary/aromatic N) is 3. The molecule has 5 heteroatoms. The topological polar surface area (TPSA) is 30.2 Å². The molecule has 2 rings (SSSR count). The number of halogens is 1. The standard InChI is InChI=1S/C11H8BrN3S/c12-10-3-1-9(2-4-10)7-15-6-5-11(14-15)13-8-16/h1-6H,7H2. The van der Waals surface area contributed by atoms with E-state index in [9.17, 15) is 0 Å². The molecule has 2 aromatic rings. The van der Waals surface area contributed by atoms with Crippen LogP contribution in [0.3, 0.4) is 0 Å². The van der Waals surface area contributed by atoms with E-state index in [1.165, 1.54) is 5.56 Å². The number of rotatable bonds is 3. The second-order valence-electron chi connectivity index (χ2n) is 3.20. The molecule has 0 saturated carbocycles. The number of hydrogen-bond acceptors (Lipinski definition) is 3. The molecule has 1 aromatic carbocycles. The van der Waals surface area contributed by atoms with Gasteiger partial charge in [0.05, 0.1) is 11.7 Å². The van der Waals surface area contributed by atoms with Gasteiger partial charge in [0.2, 0.25) is 0 Å². The summed E-state index contributed by atoms with van der Waals surface area (Å²) in [5.41, 5.74) is 1.18. The smallest absolute Gasteiger partial charge is 0.184 e. The van der Waals surface area contributed by atoms with Crippen molar-refractivity contribution < 1.29 is 0 Å². The number of aromatic nitrogens is 2. The molecule has 1 heterocycles. The van der Waals surface area contributed by atoms with Crippen molar-refractivity contribution >= 4 is 39.1 Å². The van der Waals surface area contributed by atoms with Crippen LogP contribution in [0, 0.1) is 0 Å². The Labute approximate surface area is 107 Å². The average molecular weight is 294 g/mol. The Kier molecular flexibility index (Phi) is 3.62.